The minimum absolute atomic E-state index is 0. The first-order valence-corrected chi connectivity index (χ1v) is 9.43. The summed E-state index contributed by atoms with van der Waals surface area (Å²) >= 11 is 0. The molecule has 150 valence electrons. The third-order valence-electron chi connectivity index (χ3n) is 5.40. The zero-order chi connectivity index (χ0) is 19.5. The Morgan fingerprint density at radius 3 is 2.34 bits per heavy atom. The van der Waals surface area contributed by atoms with Crippen molar-refractivity contribution < 1.29 is 10.0 Å². The third-order valence-corrected chi connectivity index (χ3v) is 5.40. The quantitative estimate of drug-likeness (QED) is 0.490. The molecule has 0 saturated carbocycles. The Morgan fingerprint density at radius 1 is 1.03 bits per heavy atom. The first kappa shape index (κ1) is 20.8. The van der Waals surface area contributed by atoms with Gasteiger partial charge in [-0.25, -0.2) is 0 Å². The SMILES string of the molecule is Cl.O=[N+]([O-])c1cc2c(cc1O)C(c1ccccc1)CN(Cc1ccccc1)CC2. The van der Waals surface area contributed by atoms with Crippen molar-refractivity contribution in [1.82, 2.24) is 4.90 Å². The molecule has 5 nitrogen and oxygen atoms in total. The molecule has 1 aliphatic heterocycles. The average molecular weight is 411 g/mol. The molecule has 0 aromatic heterocycles. The smallest absolute Gasteiger partial charge is 0.310 e. The highest BCUT2D eigenvalue weighted by molar-refractivity contribution is 5.85. The van der Waals surface area contributed by atoms with Gasteiger partial charge >= 0.3 is 5.69 Å². The van der Waals surface area contributed by atoms with Gasteiger partial charge in [0.05, 0.1) is 4.92 Å². The predicted molar refractivity (Wildman–Crippen MR) is 116 cm³/mol. The monoisotopic (exact) mass is 410 g/mol. The normalized spacial score (nSPS) is 16.3. The Labute approximate surface area is 176 Å². The number of nitro benzene ring substituents is 1. The predicted octanol–water partition coefficient (Wildman–Crippen LogP) is 4.91. The molecular weight excluding hydrogens is 388 g/mol. The molecular formula is C23H23ClN2O3. The minimum Gasteiger partial charge on any atom is -0.502 e. The van der Waals surface area contributed by atoms with Gasteiger partial charge in [0.15, 0.2) is 5.75 Å². The number of nitrogens with zero attached hydrogens (tertiary/aromatic N) is 2. The van der Waals surface area contributed by atoms with Gasteiger partial charge in [-0.05, 0) is 34.7 Å². The van der Waals surface area contributed by atoms with Gasteiger partial charge < -0.3 is 5.11 Å². The molecule has 0 fully saturated rings. The molecule has 3 aromatic carbocycles. The zero-order valence-corrected chi connectivity index (χ0v) is 16.7. The number of hydrogen-bond acceptors (Lipinski definition) is 4. The fourth-order valence-corrected chi connectivity index (χ4v) is 4.01. The maximum absolute atomic E-state index is 11.3. The molecule has 0 bridgehead atoms. The van der Waals surface area contributed by atoms with Crippen molar-refractivity contribution in [3.63, 3.8) is 0 Å². The second-order valence-corrected chi connectivity index (χ2v) is 7.23. The van der Waals surface area contributed by atoms with E-state index in [1.807, 2.05) is 36.4 Å². The van der Waals surface area contributed by atoms with E-state index in [4.69, 9.17) is 0 Å². The van der Waals surface area contributed by atoms with Crippen LogP contribution in [0.15, 0.2) is 72.8 Å². The molecule has 1 N–H and O–H groups in total. The standard InChI is InChI=1S/C23H22N2O3.ClH/c26-23-14-20-19(13-22(23)25(27)28)11-12-24(15-17-7-3-1-4-8-17)16-21(20)18-9-5-2-6-10-18;/h1-10,13-14,21,26H,11-12,15-16H2;1H. The van der Waals surface area contributed by atoms with Gasteiger partial charge in [-0.1, -0.05) is 60.7 Å². The number of halogens is 1. The van der Waals surface area contributed by atoms with Crippen molar-refractivity contribution in [3.8, 4) is 5.75 Å². The van der Waals surface area contributed by atoms with Gasteiger partial charge in [-0.3, -0.25) is 15.0 Å². The number of phenols is 1. The van der Waals surface area contributed by atoms with Gasteiger partial charge in [0.25, 0.3) is 0 Å². The van der Waals surface area contributed by atoms with Crippen LogP contribution < -0.4 is 0 Å². The van der Waals surface area contributed by atoms with E-state index in [1.165, 1.54) is 5.56 Å². The highest BCUT2D eigenvalue weighted by atomic mass is 35.5. The maximum atomic E-state index is 11.3. The summed E-state index contributed by atoms with van der Waals surface area (Å²) in [6.45, 7) is 2.43. The summed E-state index contributed by atoms with van der Waals surface area (Å²) in [5, 5.41) is 21.5. The average Bonchev–Trinajstić information content (AvgIpc) is 2.88. The van der Waals surface area contributed by atoms with E-state index in [0.717, 1.165) is 36.3 Å². The molecule has 0 saturated heterocycles. The number of aromatic hydroxyl groups is 1. The third kappa shape index (κ3) is 4.58. The van der Waals surface area contributed by atoms with Crippen molar-refractivity contribution in [3.05, 3.63) is 105 Å². The van der Waals surface area contributed by atoms with Crippen LogP contribution in [0.4, 0.5) is 5.69 Å². The molecule has 0 amide bonds. The van der Waals surface area contributed by atoms with Crippen LogP contribution >= 0.6 is 12.4 Å². The van der Waals surface area contributed by atoms with Gasteiger partial charge in [-0.2, -0.15) is 0 Å². The number of benzene rings is 3. The number of hydrogen-bond donors (Lipinski definition) is 1. The first-order chi connectivity index (χ1) is 13.6. The summed E-state index contributed by atoms with van der Waals surface area (Å²) in [5.74, 6) is -0.213. The van der Waals surface area contributed by atoms with Crippen LogP contribution in [0.3, 0.4) is 0 Å². The topological polar surface area (TPSA) is 66.6 Å². The Balaban J connectivity index is 0.00000240. The van der Waals surface area contributed by atoms with E-state index >= 15 is 0 Å². The van der Waals surface area contributed by atoms with Crippen molar-refractivity contribution in [2.24, 2.45) is 0 Å². The van der Waals surface area contributed by atoms with Crippen molar-refractivity contribution >= 4 is 18.1 Å². The van der Waals surface area contributed by atoms with Crippen molar-refractivity contribution in [2.75, 3.05) is 13.1 Å². The number of fused-ring (bicyclic) bond motifs is 1. The molecule has 1 aliphatic rings. The fraction of sp³-hybridized carbons (Fsp3) is 0.217. The summed E-state index contributed by atoms with van der Waals surface area (Å²) in [4.78, 5) is 13.2. The lowest BCUT2D eigenvalue weighted by Gasteiger charge is -2.25. The lowest BCUT2D eigenvalue weighted by molar-refractivity contribution is -0.385. The molecule has 4 rings (SSSR count). The summed E-state index contributed by atoms with van der Waals surface area (Å²) in [6, 6.07) is 23.6. The molecule has 1 heterocycles. The van der Waals surface area contributed by atoms with Gasteiger partial charge in [0.2, 0.25) is 0 Å². The Morgan fingerprint density at radius 2 is 1.69 bits per heavy atom. The molecule has 0 radical (unpaired) electrons. The largest absolute Gasteiger partial charge is 0.502 e. The Kier molecular flexibility index (Phi) is 6.52. The lowest BCUT2D eigenvalue weighted by atomic mass is 9.87. The second-order valence-electron chi connectivity index (χ2n) is 7.23. The van der Waals surface area contributed by atoms with Crippen molar-refractivity contribution in [2.45, 2.75) is 18.9 Å². The Hall–Kier alpha value is -2.89. The fourth-order valence-electron chi connectivity index (χ4n) is 4.01. The van der Waals surface area contributed by atoms with E-state index in [1.54, 1.807) is 12.1 Å². The van der Waals surface area contributed by atoms with E-state index in [0.29, 0.717) is 6.42 Å². The molecule has 1 atom stereocenters. The van der Waals surface area contributed by atoms with Gasteiger partial charge in [-0.15, -0.1) is 12.4 Å². The van der Waals surface area contributed by atoms with Gasteiger partial charge in [0.1, 0.15) is 0 Å². The van der Waals surface area contributed by atoms with Crippen LogP contribution in [0.5, 0.6) is 5.75 Å². The first-order valence-electron chi connectivity index (χ1n) is 9.43. The number of rotatable bonds is 4. The Bertz CT molecular complexity index is 980. The molecule has 0 aliphatic carbocycles. The maximum Gasteiger partial charge on any atom is 0.310 e. The van der Waals surface area contributed by atoms with Crippen molar-refractivity contribution in [1.29, 1.82) is 0 Å². The highest BCUT2D eigenvalue weighted by Crippen LogP contribution is 2.38. The molecule has 1 unspecified atom stereocenters. The zero-order valence-electron chi connectivity index (χ0n) is 15.9. The van der Waals surface area contributed by atoms with Crippen LogP contribution in [0.25, 0.3) is 0 Å². The minimum atomic E-state index is -0.514. The second kappa shape index (κ2) is 9.07. The van der Waals surface area contributed by atoms with E-state index in [-0.39, 0.29) is 29.8 Å². The van der Waals surface area contributed by atoms with Crippen LogP contribution in [-0.4, -0.2) is 28.0 Å². The summed E-state index contributed by atoms with van der Waals surface area (Å²) in [6.07, 6.45) is 0.715. The summed E-state index contributed by atoms with van der Waals surface area (Å²) < 4.78 is 0. The lowest BCUT2D eigenvalue weighted by Crippen LogP contribution is -2.28. The number of nitro groups is 1. The van der Waals surface area contributed by atoms with E-state index < -0.39 is 4.92 Å². The van der Waals surface area contributed by atoms with Crippen LogP contribution in [0.2, 0.25) is 0 Å². The molecule has 6 heteroatoms. The number of phenolic OH excluding ortho intramolecular Hbond substituents is 1. The molecule has 0 spiro atoms. The summed E-state index contributed by atoms with van der Waals surface area (Å²) in [7, 11) is 0. The molecule has 3 aromatic rings. The van der Waals surface area contributed by atoms with Crippen LogP contribution in [0, 0.1) is 10.1 Å². The van der Waals surface area contributed by atoms with Crippen LogP contribution in [0.1, 0.15) is 28.2 Å². The summed E-state index contributed by atoms with van der Waals surface area (Å²) in [5.41, 5.74) is 4.09. The van der Waals surface area contributed by atoms with Crippen LogP contribution in [-0.2, 0) is 13.0 Å². The molecule has 29 heavy (non-hydrogen) atoms. The van der Waals surface area contributed by atoms with Gasteiger partial charge in [0, 0.05) is 31.6 Å². The highest BCUT2D eigenvalue weighted by Gasteiger charge is 2.28. The van der Waals surface area contributed by atoms with E-state index in [9.17, 15) is 15.2 Å². The van der Waals surface area contributed by atoms with E-state index in [2.05, 4.69) is 29.2 Å².